The van der Waals surface area contributed by atoms with Gasteiger partial charge in [-0.25, -0.2) is 0 Å². The van der Waals surface area contributed by atoms with Gasteiger partial charge in [-0.05, 0) is 37.3 Å². The summed E-state index contributed by atoms with van der Waals surface area (Å²) in [6.45, 7) is 15.7. The molecule has 1 aromatic rings. The SMILES string of the molecule is CC/C(C)=C\C=C(/C)C(C)(C)c1ccc(C(C)C)cc1. The molecule has 0 saturated carbocycles. The van der Waals surface area contributed by atoms with E-state index >= 15 is 0 Å². The molecule has 0 radical (unpaired) electrons. The first kappa shape index (κ1) is 16.8. The lowest BCUT2D eigenvalue weighted by atomic mass is 9.77. The van der Waals surface area contributed by atoms with E-state index in [0.29, 0.717) is 5.92 Å². The summed E-state index contributed by atoms with van der Waals surface area (Å²) in [5, 5.41) is 0. The maximum absolute atomic E-state index is 2.30. The van der Waals surface area contributed by atoms with E-state index in [2.05, 4.69) is 84.9 Å². The molecule has 1 aromatic carbocycles. The number of rotatable bonds is 5. The molecule has 0 spiro atoms. The lowest BCUT2D eigenvalue weighted by Gasteiger charge is -2.27. The van der Waals surface area contributed by atoms with E-state index in [1.807, 2.05) is 0 Å². The van der Waals surface area contributed by atoms with Crippen molar-refractivity contribution < 1.29 is 0 Å². The van der Waals surface area contributed by atoms with Crippen LogP contribution in [0.5, 0.6) is 0 Å². The Hall–Kier alpha value is -1.30. The van der Waals surface area contributed by atoms with E-state index in [0.717, 1.165) is 6.42 Å². The fourth-order valence-electron chi connectivity index (χ4n) is 2.11. The summed E-state index contributed by atoms with van der Waals surface area (Å²) in [4.78, 5) is 0. The quantitative estimate of drug-likeness (QED) is 0.544. The molecule has 20 heavy (non-hydrogen) atoms. The van der Waals surface area contributed by atoms with Crippen LogP contribution in [0, 0.1) is 0 Å². The molecule has 0 aliphatic carbocycles. The summed E-state index contributed by atoms with van der Waals surface area (Å²) < 4.78 is 0. The van der Waals surface area contributed by atoms with Crippen LogP contribution in [0.4, 0.5) is 0 Å². The Labute approximate surface area is 125 Å². The van der Waals surface area contributed by atoms with E-state index in [4.69, 9.17) is 0 Å². The lowest BCUT2D eigenvalue weighted by molar-refractivity contribution is 0.622. The van der Waals surface area contributed by atoms with Crippen molar-refractivity contribution >= 4 is 0 Å². The highest BCUT2D eigenvalue weighted by Gasteiger charge is 2.22. The van der Waals surface area contributed by atoms with Crippen LogP contribution in [-0.2, 0) is 5.41 Å². The van der Waals surface area contributed by atoms with Crippen molar-refractivity contribution in [3.63, 3.8) is 0 Å². The Balaban J connectivity index is 3.03. The molecule has 0 amide bonds. The van der Waals surface area contributed by atoms with Gasteiger partial charge in [-0.3, -0.25) is 0 Å². The molecule has 0 aliphatic heterocycles. The van der Waals surface area contributed by atoms with E-state index in [-0.39, 0.29) is 5.41 Å². The Kier molecular flexibility index (Phi) is 5.80. The van der Waals surface area contributed by atoms with Crippen LogP contribution >= 0.6 is 0 Å². The Morgan fingerprint density at radius 1 is 1.05 bits per heavy atom. The van der Waals surface area contributed by atoms with Gasteiger partial charge in [0.05, 0.1) is 0 Å². The van der Waals surface area contributed by atoms with Crippen LogP contribution in [0.2, 0.25) is 0 Å². The molecule has 0 aromatic heterocycles. The molecule has 0 atom stereocenters. The zero-order chi connectivity index (χ0) is 15.3. The molecule has 0 aliphatic rings. The smallest absolute Gasteiger partial charge is 0.0105 e. The second-order valence-corrected chi connectivity index (χ2v) is 6.62. The Morgan fingerprint density at radius 2 is 1.60 bits per heavy atom. The van der Waals surface area contributed by atoms with Crippen molar-refractivity contribution in [1.82, 2.24) is 0 Å². The number of benzene rings is 1. The molecule has 0 heteroatoms. The van der Waals surface area contributed by atoms with Crippen molar-refractivity contribution in [3.05, 3.63) is 58.7 Å². The highest BCUT2D eigenvalue weighted by atomic mass is 14.3. The maximum Gasteiger partial charge on any atom is 0.0105 e. The van der Waals surface area contributed by atoms with Crippen LogP contribution < -0.4 is 0 Å². The van der Waals surface area contributed by atoms with Gasteiger partial charge in [-0.2, -0.15) is 0 Å². The van der Waals surface area contributed by atoms with Crippen LogP contribution in [0.1, 0.15) is 71.9 Å². The van der Waals surface area contributed by atoms with Gasteiger partial charge in [0.1, 0.15) is 0 Å². The van der Waals surface area contributed by atoms with Gasteiger partial charge in [0.2, 0.25) is 0 Å². The third-order valence-corrected chi connectivity index (χ3v) is 4.46. The van der Waals surface area contributed by atoms with E-state index in [1.54, 1.807) is 0 Å². The molecule has 0 heterocycles. The minimum Gasteiger partial charge on any atom is -0.0736 e. The van der Waals surface area contributed by atoms with Gasteiger partial charge in [-0.15, -0.1) is 0 Å². The first-order chi connectivity index (χ1) is 9.28. The molecule has 0 nitrogen and oxygen atoms in total. The monoisotopic (exact) mass is 270 g/mol. The molecular formula is C20H30. The van der Waals surface area contributed by atoms with E-state index in [1.165, 1.54) is 22.3 Å². The molecule has 0 saturated heterocycles. The maximum atomic E-state index is 2.30. The molecule has 0 fully saturated rings. The van der Waals surface area contributed by atoms with Crippen LogP contribution in [0.15, 0.2) is 47.6 Å². The molecule has 110 valence electrons. The van der Waals surface area contributed by atoms with Gasteiger partial charge in [0.25, 0.3) is 0 Å². The second kappa shape index (κ2) is 6.92. The Morgan fingerprint density at radius 3 is 2.05 bits per heavy atom. The summed E-state index contributed by atoms with van der Waals surface area (Å²) in [6.07, 6.45) is 5.64. The third-order valence-electron chi connectivity index (χ3n) is 4.46. The first-order valence-electron chi connectivity index (χ1n) is 7.74. The highest BCUT2D eigenvalue weighted by Crippen LogP contribution is 2.32. The van der Waals surface area contributed by atoms with Crippen molar-refractivity contribution in [1.29, 1.82) is 0 Å². The predicted molar refractivity (Wildman–Crippen MR) is 91.4 cm³/mol. The Bertz CT molecular complexity index is 481. The van der Waals surface area contributed by atoms with Gasteiger partial charge in [0.15, 0.2) is 0 Å². The summed E-state index contributed by atoms with van der Waals surface area (Å²) >= 11 is 0. The zero-order valence-corrected chi connectivity index (χ0v) is 14.2. The minimum atomic E-state index is 0.0834. The van der Waals surface area contributed by atoms with Crippen molar-refractivity contribution in [3.8, 4) is 0 Å². The molecule has 0 N–H and O–H groups in total. The fourth-order valence-corrected chi connectivity index (χ4v) is 2.11. The fraction of sp³-hybridized carbons (Fsp3) is 0.500. The lowest BCUT2D eigenvalue weighted by Crippen LogP contribution is -2.18. The van der Waals surface area contributed by atoms with Crippen LogP contribution in [-0.4, -0.2) is 0 Å². The van der Waals surface area contributed by atoms with Crippen molar-refractivity contribution in [2.75, 3.05) is 0 Å². The van der Waals surface area contributed by atoms with Crippen molar-refractivity contribution in [2.45, 2.75) is 66.2 Å². The summed E-state index contributed by atoms with van der Waals surface area (Å²) in [6, 6.07) is 9.09. The normalized spacial score (nSPS) is 14.0. The van der Waals surface area contributed by atoms with Gasteiger partial charge < -0.3 is 0 Å². The van der Waals surface area contributed by atoms with Crippen molar-refractivity contribution in [2.24, 2.45) is 0 Å². The average Bonchev–Trinajstić information content (AvgIpc) is 2.44. The van der Waals surface area contributed by atoms with Crippen LogP contribution in [0.3, 0.4) is 0 Å². The van der Waals surface area contributed by atoms with Gasteiger partial charge in [0, 0.05) is 5.41 Å². The van der Waals surface area contributed by atoms with Crippen LogP contribution in [0.25, 0.3) is 0 Å². The summed E-state index contributed by atoms with van der Waals surface area (Å²) in [5.74, 6) is 0.596. The molecule has 0 bridgehead atoms. The first-order valence-corrected chi connectivity index (χ1v) is 7.74. The number of hydrogen-bond acceptors (Lipinski definition) is 0. The second-order valence-electron chi connectivity index (χ2n) is 6.62. The average molecular weight is 270 g/mol. The highest BCUT2D eigenvalue weighted by molar-refractivity contribution is 5.37. The van der Waals surface area contributed by atoms with Gasteiger partial charge in [-0.1, -0.05) is 82.2 Å². The number of allylic oxidation sites excluding steroid dienone is 4. The third kappa shape index (κ3) is 4.10. The minimum absolute atomic E-state index is 0.0834. The number of hydrogen-bond donors (Lipinski definition) is 0. The zero-order valence-electron chi connectivity index (χ0n) is 14.2. The molecule has 0 unspecified atom stereocenters. The molecular weight excluding hydrogens is 240 g/mol. The van der Waals surface area contributed by atoms with E-state index < -0.39 is 0 Å². The largest absolute Gasteiger partial charge is 0.0736 e. The standard InChI is InChI=1S/C20H30/c1-8-16(4)9-10-17(5)20(6,7)19-13-11-18(12-14-19)15(2)3/h9-15H,8H2,1-7H3/b16-9-,17-10+. The molecule has 1 rings (SSSR count). The summed E-state index contributed by atoms with van der Waals surface area (Å²) in [7, 11) is 0. The van der Waals surface area contributed by atoms with E-state index in [9.17, 15) is 0 Å². The van der Waals surface area contributed by atoms with Gasteiger partial charge >= 0.3 is 0 Å². The topological polar surface area (TPSA) is 0 Å². The summed E-state index contributed by atoms with van der Waals surface area (Å²) in [5.41, 5.74) is 5.71. The predicted octanol–water partition coefficient (Wildman–Crippen LogP) is 6.39.